The van der Waals surface area contributed by atoms with E-state index >= 15 is 0 Å². The molecule has 0 aliphatic carbocycles. The summed E-state index contributed by atoms with van der Waals surface area (Å²) in [5, 5.41) is 5.40. The Hall–Kier alpha value is -2.34. The van der Waals surface area contributed by atoms with Crippen LogP contribution in [-0.2, 0) is 9.59 Å². The Morgan fingerprint density at radius 3 is 2.56 bits per heavy atom. The van der Waals surface area contributed by atoms with E-state index < -0.39 is 0 Å². The number of carbonyl (C=O) groups excluding carboxylic acids is 2. The van der Waals surface area contributed by atoms with Crippen LogP contribution >= 0.6 is 15.9 Å². The van der Waals surface area contributed by atoms with Crippen molar-refractivity contribution in [3.8, 4) is 5.75 Å². The number of aryl methyl sites for hydroxylation is 1. The standard InChI is InChI=1S/C19H21BrN2O3/c1-14-12-15(20)9-10-17(14)22-19(24)13-21-18(23)8-5-11-25-16-6-3-2-4-7-16/h2-4,6-7,9-10,12H,5,8,11,13H2,1H3,(H,21,23)(H,22,24). The number of anilines is 1. The summed E-state index contributed by atoms with van der Waals surface area (Å²) in [5.41, 5.74) is 1.69. The van der Waals surface area contributed by atoms with Gasteiger partial charge in [-0.2, -0.15) is 0 Å². The minimum atomic E-state index is -0.251. The number of rotatable bonds is 8. The molecule has 0 unspecified atom stereocenters. The minimum absolute atomic E-state index is 0.0477. The monoisotopic (exact) mass is 404 g/mol. The summed E-state index contributed by atoms with van der Waals surface area (Å²) in [6, 6.07) is 15.0. The van der Waals surface area contributed by atoms with Gasteiger partial charge in [-0.25, -0.2) is 0 Å². The maximum Gasteiger partial charge on any atom is 0.243 e. The van der Waals surface area contributed by atoms with Gasteiger partial charge in [0, 0.05) is 16.6 Å². The molecule has 132 valence electrons. The molecule has 2 amide bonds. The average Bonchev–Trinajstić information content (AvgIpc) is 2.60. The van der Waals surface area contributed by atoms with Crippen LogP contribution in [0.15, 0.2) is 53.0 Å². The van der Waals surface area contributed by atoms with Gasteiger partial charge in [0.25, 0.3) is 0 Å². The fraction of sp³-hybridized carbons (Fsp3) is 0.263. The summed E-state index contributed by atoms with van der Waals surface area (Å²) in [6.45, 7) is 2.32. The molecule has 0 fully saturated rings. The van der Waals surface area contributed by atoms with Gasteiger partial charge in [-0.05, 0) is 49.2 Å². The van der Waals surface area contributed by atoms with Crippen LogP contribution in [0.25, 0.3) is 0 Å². The molecule has 0 saturated heterocycles. The number of amides is 2. The van der Waals surface area contributed by atoms with Crippen LogP contribution in [0.4, 0.5) is 5.69 Å². The zero-order valence-corrected chi connectivity index (χ0v) is 15.6. The van der Waals surface area contributed by atoms with E-state index in [4.69, 9.17) is 4.74 Å². The number of hydrogen-bond acceptors (Lipinski definition) is 3. The molecule has 0 radical (unpaired) electrons. The third-order valence-corrected chi connectivity index (χ3v) is 3.96. The highest BCUT2D eigenvalue weighted by molar-refractivity contribution is 9.10. The summed E-state index contributed by atoms with van der Waals surface area (Å²) >= 11 is 3.38. The maximum atomic E-state index is 11.9. The third kappa shape index (κ3) is 6.97. The van der Waals surface area contributed by atoms with Crippen LogP contribution in [0.3, 0.4) is 0 Å². The molecule has 0 saturated carbocycles. The molecule has 2 aromatic rings. The first kappa shape index (κ1) is 19.0. The fourth-order valence-electron chi connectivity index (χ4n) is 2.17. The predicted octanol–water partition coefficient (Wildman–Crippen LogP) is 3.67. The number of halogens is 1. The quantitative estimate of drug-likeness (QED) is 0.659. The molecule has 0 atom stereocenters. The Balaban J connectivity index is 1.63. The van der Waals surface area contributed by atoms with E-state index in [1.54, 1.807) is 0 Å². The molecular weight excluding hydrogens is 384 g/mol. The summed E-state index contributed by atoms with van der Waals surface area (Å²) in [6.07, 6.45) is 0.908. The summed E-state index contributed by atoms with van der Waals surface area (Å²) in [5.74, 6) is 0.366. The second-order valence-corrected chi connectivity index (χ2v) is 6.46. The van der Waals surface area contributed by atoms with E-state index in [0.29, 0.717) is 19.4 Å². The topological polar surface area (TPSA) is 67.4 Å². The number of carbonyl (C=O) groups is 2. The summed E-state index contributed by atoms with van der Waals surface area (Å²) in [7, 11) is 0. The van der Waals surface area contributed by atoms with Gasteiger partial charge in [0.1, 0.15) is 5.75 Å². The summed E-state index contributed by atoms with van der Waals surface area (Å²) < 4.78 is 6.47. The molecule has 0 heterocycles. The van der Waals surface area contributed by atoms with Crippen molar-refractivity contribution in [1.82, 2.24) is 5.32 Å². The molecule has 0 bridgehead atoms. The normalized spacial score (nSPS) is 10.2. The maximum absolute atomic E-state index is 11.9. The molecule has 0 aliphatic rings. The number of benzene rings is 2. The van der Waals surface area contributed by atoms with E-state index in [2.05, 4.69) is 26.6 Å². The third-order valence-electron chi connectivity index (χ3n) is 3.47. The van der Waals surface area contributed by atoms with Gasteiger partial charge in [-0.15, -0.1) is 0 Å². The highest BCUT2D eigenvalue weighted by Gasteiger charge is 2.07. The Kier molecular flexibility index (Phi) is 7.47. The SMILES string of the molecule is Cc1cc(Br)ccc1NC(=O)CNC(=O)CCCOc1ccccc1. The zero-order chi connectivity index (χ0) is 18.1. The second kappa shape index (κ2) is 9.84. The van der Waals surface area contributed by atoms with E-state index in [1.807, 2.05) is 55.5 Å². The van der Waals surface area contributed by atoms with Crippen LogP contribution in [0, 0.1) is 6.92 Å². The lowest BCUT2D eigenvalue weighted by atomic mass is 10.2. The van der Waals surface area contributed by atoms with Crippen LogP contribution < -0.4 is 15.4 Å². The van der Waals surface area contributed by atoms with Crippen molar-refractivity contribution >= 4 is 33.4 Å². The average molecular weight is 405 g/mol. The van der Waals surface area contributed by atoms with E-state index in [0.717, 1.165) is 21.5 Å². The number of ether oxygens (including phenoxy) is 1. The van der Waals surface area contributed by atoms with Gasteiger partial charge in [0.2, 0.25) is 11.8 Å². The molecular formula is C19H21BrN2O3. The van der Waals surface area contributed by atoms with E-state index in [1.165, 1.54) is 0 Å². The van der Waals surface area contributed by atoms with Gasteiger partial charge >= 0.3 is 0 Å². The van der Waals surface area contributed by atoms with Crippen molar-refractivity contribution in [3.05, 3.63) is 58.6 Å². The first-order chi connectivity index (χ1) is 12.0. The van der Waals surface area contributed by atoms with Crippen molar-refractivity contribution in [2.75, 3.05) is 18.5 Å². The van der Waals surface area contributed by atoms with Crippen LogP contribution in [0.2, 0.25) is 0 Å². The second-order valence-electron chi connectivity index (χ2n) is 5.55. The Bertz CT molecular complexity index is 720. The van der Waals surface area contributed by atoms with Gasteiger partial charge in [-0.1, -0.05) is 34.1 Å². The molecule has 5 nitrogen and oxygen atoms in total. The van der Waals surface area contributed by atoms with Crippen LogP contribution in [0.5, 0.6) is 5.75 Å². The minimum Gasteiger partial charge on any atom is -0.494 e. The molecule has 0 aliphatic heterocycles. The lowest BCUT2D eigenvalue weighted by molar-refractivity contribution is -0.124. The van der Waals surface area contributed by atoms with E-state index in [-0.39, 0.29) is 18.4 Å². The number of nitrogens with one attached hydrogen (secondary N) is 2. The first-order valence-corrected chi connectivity index (χ1v) is 8.84. The van der Waals surface area contributed by atoms with Crippen molar-refractivity contribution in [2.24, 2.45) is 0 Å². The van der Waals surface area contributed by atoms with Crippen molar-refractivity contribution in [3.63, 3.8) is 0 Å². The van der Waals surface area contributed by atoms with Crippen molar-refractivity contribution < 1.29 is 14.3 Å². The Labute approximate surface area is 155 Å². The highest BCUT2D eigenvalue weighted by Crippen LogP contribution is 2.19. The summed E-state index contributed by atoms with van der Waals surface area (Å²) in [4.78, 5) is 23.7. The van der Waals surface area contributed by atoms with Gasteiger partial charge < -0.3 is 15.4 Å². The molecule has 25 heavy (non-hydrogen) atoms. The molecule has 0 spiro atoms. The Morgan fingerprint density at radius 2 is 1.84 bits per heavy atom. The van der Waals surface area contributed by atoms with Crippen LogP contribution in [-0.4, -0.2) is 25.0 Å². The molecule has 0 aromatic heterocycles. The highest BCUT2D eigenvalue weighted by atomic mass is 79.9. The lowest BCUT2D eigenvalue weighted by Crippen LogP contribution is -2.33. The predicted molar refractivity (Wildman–Crippen MR) is 102 cm³/mol. The van der Waals surface area contributed by atoms with Gasteiger partial charge in [-0.3, -0.25) is 9.59 Å². The molecule has 2 aromatic carbocycles. The van der Waals surface area contributed by atoms with E-state index in [9.17, 15) is 9.59 Å². The molecule has 2 rings (SSSR count). The number of hydrogen-bond donors (Lipinski definition) is 2. The zero-order valence-electron chi connectivity index (χ0n) is 14.0. The van der Waals surface area contributed by atoms with Crippen molar-refractivity contribution in [2.45, 2.75) is 19.8 Å². The largest absolute Gasteiger partial charge is 0.494 e. The van der Waals surface area contributed by atoms with Crippen LogP contribution in [0.1, 0.15) is 18.4 Å². The molecule has 6 heteroatoms. The van der Waals surface area contributed by atoms with Crippen molar-refractivity contribution in [1.29, 1.82) is 0 Å². The molecule has 2 N–H and O–H groups in total. The van der Waals surface area contributed by atoms with Gasteiger partial charge in [0.15, 0.2) is 0 Å². The lowest BCUT2D eigenvalue weighted by Gasteiger charge is -2.10. The number of para-hydroxylation sites is 1. The Morgan fingerprint density at radius 1 is 1.08 bits per heavy atom. The smallest absolute Gasteiger partial charge is 0.243 e. The fourth-order valence-corrected chi connectivity index (χ4v) is 2.64. The van der Waals surface area contributed by atoms with Gasteiger partial charge in [0.05, 0.1) is 13.2 Å². The first-order valence-electron chi connectivity index (χ1n) is 8.05.